The van der Waals surface area contributed by atoms with Crippen LogP contribution in [0.25, 0.3) is 44.7 Å². The number of allylic oxidation sites excluding steroid dienone is 1. The molecule has 33 heavy (non-hydrogen) atoms. The third-order valence-electron chi connectivity index (χ3n) is 6.87. The van der Waals surface area contributed by atoms with Crippen LogP contribution in [0.2, 0.25) is 0 Å². The molecule has 1 heterocycles. The Bertz CT molecular complexity index is 1520. The Balaban J connectivity index is 1.66. The van der Waals surface area contributed by atoms with Crippen LogP contribution in [0.3, 0.4) is 0 Å². The molecule has 0 spiro atoms. The summed E-state index contributed by atoms with van der Waals surface area (Å²) >= 11 is 0. The summed E-state index contributed by atoms with van der Waals surface area (Å²) in [7, 11) is -1.45. The molecule has 0 saturated carbocycles. The van der Waals surface area contributed by atoms with Gasteiger partial charge in [-0.05, 0) is 70.4 Å². The fourth-order valence-electron chi connectivity index (χ4n) is 5.16. The van der Waals surface area contributed by atoms with E-state index in [0.29, 0.717) is 11.4 Å². The van der Waals surface area contributed by atoms with Gasteiger partial charge in [0.2, 0.25) is 0 Å². The fraction of sp³-hybridized carbons (Fsp3) is 0.103. The van der Waals surface area contributed by atoms with Gasteiger partial charge < -0.3 is 14.6 Å². The highest BCUT2D eigenvalue weighted by molar-refractivity contribution is 6.58. The van der Waals surface area contributed by atoms with Crippen molar-refractivity contribution < 1.29 is 10.0 Å². The van der Waals surface area contributed by atoms with Gasteiger partial charge in [0.05, 0.1) is 11.0 Å². The van der Waals surface area contributed by atoms with Gasteiger partial charge in [-0.25, -0.2) is 0 Å². The molecule has 1 aliphatic rings. The van der Waals surface area contributed by atoms with E-state index in [1.54, 1.807) is 12.1 Å². The highest BCUT2D eigenvalue weighted by Crippen LogP contribution is 2.41. The van der Waals surface area contributed by atoms with Gasteiger partial charge in [0.25, 0.3) is 0 Å². The average molecular weight is 429 g/mol. The average Bonchev–Trinajstić information content (AvgIpc) is 3.19. The Morgan fingerprint density at radius 2 is 1.55 bits per heavy atom. The van der Waals surface area contributed by atoms with E-state index in [-0.39, 0.29) is 0 Å². The molecular formula is C29H24BNO2. The third-order valence-corrected chi connectivity index (χ3v) is 6.87. The van der Waals surface area contributed by atoms with Crippen molar-refractivity contribution >= 4 is 40.5 Å². The molecule has 0 fully saturated rings. The Morgan fingerprint density at radius 3 is 2.30 bits per heavy atom. The number of nitrogens with zero attached hydrogens (tertiary/aromatic N) is 1. The van der Waals surface area contributed by atoms with Gasteiger partial charge in [0, 0.05) is 16.5 Å². The van der Waals surface area contributed by atoms with Crippen LogP contribution in [0.15, 0.2) is 91.0 Å². The van der Waals surface area contributed by atoms with Crippen molar-refractivity contribution in [2.75, 3.05) is 0 Å². The first kappa shape index (κ1) is 20.0. The van der Waals surface area contributed by atoms with Gasteiger partial charge in [0.1, 0.15) is 0 Å². The molecule has 5 aromatic rings. The van der Waals surface area contributed by atoms with Crippen molar-refractivity contribution in [1.82, 2.24) is 4.57 Å². The molecule has 6 rings (SSSR count). The van der Waals surface area contributed by atoms with E-state index >= 15 is 0 Å². The molecule has 0 saturated heterocycles. The van der Waals surface area contributed by atoms with Gasteiger partial charge in [-0.2, -0.15) is 0 Å². The maximum absolute atomic E-state index is 9.44. The van der Waals surface area contributed by atoms with Gasteiger partial charge >= 0.3 is 7.12 Å². The second-order valence-electron chi connectivity index (χ2n) is 8.90. The van der Waals surface area contributed by atoms with E-state index in [1.807, 2.05) is 12.1 Å². The lowest BCUT2D eigenvalue weighted by Gasteiger charge is -2.19. The van der Waals surface area contributed by atoms with Crippen molar-refractivity contribution in [3.05, 3.63) is 102 Å². The lowest BCUT2D eigenvalue weighted by molar-refractivity contribution is 0.426. The van der Waals surface area contributed by atoms with Crippen LogP contribution in [-0.2, 0) is 0 Å². The van der Waals surface area contributed by atoms with Crippen molar-refractivity contribution in [2.45, 2.75) is 19.3 Å². The number of hydrogen-bond donors (Lipinski definition) is 2. The van der Waals surface area contributed by atoms with Crippen LogP contribution in [0.1, 0.15) is 30.4 Å². The molecule has 1 aliphatic carbocycles. The molecule has 3 nitrogen and oxygen atoms in total. The number of para-hydroxylation sites is 1. The minimum Gasteiger partial charge on any atom is -0.423 e. The van der Waals surface area contributed by atoms with Crippen LogP contribution in [0.4, 0.5) is 0 Å². The second kappa shape index (κ2) is 7.77. The Kier molecular flexibility index (Phi) is 4.72. The summed E-state index contributed by atoms with van der Waals surface area (Å²) in [4.78, 5) is 0. The second-order valence-corrected chi connectivity index (χ2v) is 8.90. The van der Waals surface area contributed by atoms with Crippen molar-refractivity contribution in [1.29, 1.82) is 0 Å². The molecule has 2 N–H and O–H groups in total. The zero-order valence-electron chi connectivity index (χ0n) is 18.4. The maximum atomic E-state index is 9.44. The summed E-state index contributed by atoms with van der Waals surface area (Å²) in [5, 5.41) is 21.4. The van der Waals surface area contributed by atoms with Crippen molar-refractivity contribution in [2.24, 2.45) is 0 Å². The summed E-state index contributed by atoms with van der Waals surface area (Å²) in [6, 6.07) is 29.2. The highest BCUT2D eigenvalue weighted by Gasteiger charge is 2.21. The highest BCUT2D eigenvalue weighted by atomic mass is 16.4. The van der Waals surface area contributed by atoms with Crippen LogP contribution in [0, 0.1) is 0 Å². The molecule has 0 aliphatic heterocycles. The molecule has 0 radical (unpaired) electrons. The first-order valence-electron chi connectivity index (χ1n) is 11.4. The largest absolute Gasteiger partial charge is 0.488 e. The van der Waals surface area contributed by atoms with Gasteiger partial charge in [-0.1, -0.05) is 73.7 Å². The zero-order chi connectivity index (χ0) is 22.5. The SMILES string of the molecule is CC1CC=Cc2c1ccc1c2c2cc(-c3ccc(B(O)O)cc3)ccc2n1-c1ccccc1. The molecule has 4 aromatic carbocycles. The Morgan fingerprint density at radius 1 is 0.818 bits per heavy atom. The lowest BCUT2D eigenvalue weighted by Crippen LogP contribution is -2.29. The first-order chi connectivity index (χ1) is 16.1. The van der Waals surface area contributed by atoms with Crippen LogP contribution in [-0.4, -0.2) is 21.7 Å². The first-order valence-corrected chi connectivity index (χ1v) is 11.4. The van der Waals surface area contributed by atoms with E-state index in [2.05, 4.69) is 84.3 Å². The number of hydrogen-bond acceptors (Lipinski definition) is 2. The summed E-state index contributed by atoms with van der Waals surface area (Å²) in [6.07, 6.45) is 5.65. The molecule has 0 amide bonds. The third kappa shape index (κ3) is 3.22. The maximum Gasteiger partial charge on any atom is 0.488 e. The quantitative estimate of drug-likeness (QED) is 0.364. The zero-order valence-corrected chi connectivity index (χ0v) is 18.4. The summed E-state index contributed by atoms with van der Waals surface area (Å²) in [5.74, 6) is 0.505. The molecule has 1 atom stereocenters. The number of aromatic nitrogens is 1. The predicted molar refractivity (Wildman–Crippen MR) is 138 cm³/mol. The Hall–Kier alpha value is -3.60. The molecular weight excluding hydrogens is 405 g/mol. The van der Waals surface area contributed by atoms with Crippen molar-refractivity contribution in [3.63, 3.8) is 0 Å². The van der Waals surface area contributed by atoms with E-state index in [0.717, 1.165) is 23.2 Å². The van der Waals surface area contributed by atoms with E-state index < -0.39 is 7.12 Å². The normalized spacial score (nSPS) is 15.2. The topological polar surface area (TPSA) is 45.4 Å². The lowest BCUT2D eigenvalue weighted by atomic mass is 9.80. The molecule has 4 heteroatoms. The summed E-state index contributed by atoms with van der Waals surface area (Å²) < 4.78 is 2.35. The van der Waals surface area contributed by atoms with Gasteiger partial charge in [0.15, 0.2) is 0 Å². The monoisotopic (exact) mass is 429 g/mol. The predicted octanol–water partition coefficient (Wildman–Crippen LogP) is 5.65. The van der Waals surface area contributed by atoms with E-state index in [9.17, 15) is 10.0 Å². The number of fused-ring (bicyclic) bond motifs is 5. The minimum absolute atomic E-state index is 0.494. The van der Waals surface area contributed by atoms with Gasteiger partial charge in [-0.15, -0.1) is 0 Å². The van der Waals surface area contributed by atoms with Crippen molar-refractivity contribution in [3.8, 4) is 16.8 Å². The summed E-state index contributed by atoms with van der Waals surface area (Å²) in [5.41, 5.74) is 8.93. The Labute approximate surface area is 193 Å². The minimum atomic E-state index is -1.45. The van der Waals surface area contributed by atoms with E-state index in [1.165, 1.54) is 32.9 Å². The summed E-state index contributed by atoms with van der Waals surface area (Å²) in [6.45, 7) is 2.30. The van der Waals surface area contributed by atoms with Crippen LogP contribution >= 0.6 is 0 Å². The molecule has 0 bridgehead atoms. The van der Waals surface area contributed by atoms with E-state index in [4.69, 9.17) is 0 Å². The molecule has 1 aromatic heterocycles. The van der Waals surface area contributed by atoms with Crippen LogP contribution in [0.5, 0.6) is 0 Å². The molecule has 1 unspecified atom stereocenters. The number of benzene rings is 4. The standard InChI is InChI=1S/C29H24BNO2/c1-19-6-5-9-25-24(19)15-17-28-29(25)26-18-21(20-10-13-22(14-11-20)30(32)33)12-16-27(26)31(28)23-7-3-2-4-8-23/h2-5,7-19,32-33H,6H2,1H3. The van der Waals surface area contributed by atoms with Gasteiger partial charge in [-0.3, -0.25) is 0 Å². The molecule has 160 valence electrons. The fourth-order valence-corrected chi connectivity index (χ4v) is 5.16. The van der Waals surface area contributed by atoms with Crippen LogP contribution < -0.4 is 5.46 Å². The smallest absolute Gasteiger partial charge is 0.423 e. The number of rotatable bonds is 3.